The number of hydrogen-bond acceptors (Lipinski definition) is 3. The topological polar surface area (TPSA) is 33.1 Å². The van der Waals surface area contributed by atoms with Crippen molar-refractivity contribution < 1.29 is 0 Å². The van der Waals surface area contributed by atoms with Crippen LogP contribution < -0.4 is 5.32 Å². The molecule has 4 nitrogen and oxygen atoms in total. The highest BCUT2D eigenvalue weighted by Gasteiger charge is 2.21. The minimum Gasteiger partial charge on any atom is -0.337 e. The highest BCUT2D eigenvalue weighted by molar-refractivity contribution is 4.80. The average Bonchev–Trinajstić information content (AvgIpc) is 2.93. The molecule has 0 aliphatic carbocycles. The number of rotatable bonds is 8. The van der Waals surface area contributed by atoms with E-state index in [2.05, 4.69) is 39.8 Å². The fourth-order valence-electron chi connectivity index (χ4n) is 3.00. The van der Waals surface area contributed by atoms with Crippen molar-refractivity contribution in [3.63, 3.8) is 0 Å². The Balaban J connectivity index is 1.69. The molecule has 1 aromatic heterocycles. The highest BCUT2D eigenvalue weighted by Crippen LogP contribution is 2.17. The molecule has 1 atom stereocenters. The molecular formula is C16H30N4. The van der Waals surface area contributed by atoms with Crippen LogP contribution in [0.1, 0.15) is 39.5 Å². The summed E-state index contributed by atoms with van der Waals surface area (Å²) >= 11 is 0. The van der Waals surface area contributed by atoms with Crippen LogP contribution in [-0.2, 0) is 6.54 Å². The van der Waals surface area contributed by atoms with Crippen LogP contribution in [0.3, 0.4) is 0 Å². The summed E-state index contributed by atoms with van der Waals surface area (Å²) in [6, 6.07) is 0.741. The van der Waals surface area contributed by atoms with Gasteiger partial charge in [0.1, 0.15) is 0 Å². The van der Waals surface area contributed by atoms with E-state index in [1.165, 1.54) is 38.8 Å². The van der Waals surface area contributed by atoms with Crippen molar-refractivity contribution in [3.05, 3.63) is 18.7 Å². The third-order valence-corrected chi connectivity index (χ3v) is 4.10. The molecule has 0 spiro atoms. The van der Waals surface area contributed by atoms with Crippen molar-refractivity contribution in [1.82, 2.24) is 19.8 Å². The summed E-state index contributed by atoms with van der Waals surface area (Å²) < 4.78 is 2.18. The molecule has 1 aromatic rings. The molecule has 4 heteroatoms. The normalized spacial score (nSPS) is 20.6. The Kier molecular flexibility index (Phi) is 6.54. The van der Waals surface area contributed by atoms with E-state index < -0.39 is 0 Å². The highest BCUT2D eigenvalue weighted by atomic mass is 15.2. The van der Waals surface area contributed by atoms with Gasteiger partial charge in [-0.2, -0.15) is 0 Å². The van der Waals surface area contributed by atoms with Crippen molar-refractivity contribution >= 4 is 0 Å². The Morgan fingerprint density at radius 3 is 2.95 bits per heavy atom. The number of nitrogens with zero attached hydrogens (tertiary/aromatic N) is 3. The molecule has 20 heavy (non-hydrogen) atoms. The van der Waals surface area contributed by atoms with Crippen LogP contribution in [0.25, 0.3) is 0 Å². The molecule has 1 aliphatic rings. The van der Waals surface area contributed by atoms with Gasteiger partial charge in [-0.05, 0) is 38.3 Å². The van der Waals surface area contributed by atoms with Crippen LogP contribution >= 0.6 is 0 Å². The number of imidazole rings is 1. The molecule has 1 fully saturated rings. The van der Waals surface area contributed by atoms with Crippen LogP contribution in [0.5, 0.6) is 0 Å². The maximum atomic E-state index is 4.10. The minimum atomic E-state index is 0.741. The summed E-state index contributed by atoms with van der Waals surface area (Å²) in [5.41, 5.74) is 0. The lowest BCUT2D eigenvalue weighted by atomic mass is 10.0. The van der Waals surface area contributed by atoms with Gasteiger partial charge >= 0.3 is 0 Å². The zero-order valence-electron chi connectivity index (χ0n) is 13.1. The van der Waals surface area contributed by atoms with Gasteiger partial charge in [-0.15, -0.1) is 0 Å². The number of likely N-dealkylation sites (tertiary alicyclic amines) is 1. The van der Waals surface area contributed by atoms with E-state index in [1.807, 2.05) is 12.5 Å². The number of aromatic nitrogens is 2. The summed E-state index contributed by atoms with van der Waals surface area (Å²) in [5, 5.41) is 3.63. The molecule has 0 saturated carbocycles. The summed E-state index contributed by atoms with van der Waals surface area (Å²) in [6.45, 7) is 10.4. The second-order valence-corrected chi connectivity index (χ2v) is 6.39. The molecule has 0 aromatic carbocycles. The van der Waals surface area contributed by atoms with E-state index in [-0.39, 0.29) is 0 Å². The van der Waals surface area contributed by atoms with Crippen LogP contribution in [0.4, 0.5) is 0 Å². The van der Waals surface area contributed by atoms with Gasteiger partial charge in [0.25, 0.3) is 0 Å². The first-order valence-corrected chi connectivity index (χ1v) is 8.16. The van der Waals surface area contributed by atoms with Gasteiger partial charge < -0.3 is 9.88 Å². The molecule has 1 aliphatic heterocycles. The van der Waals surface area contributed by atoms with E-state index in [0.717, 1.165) is 31.6 Å². The number of aryl methyl sites for hydroxylation is 1. The molecule has 2 rings (SSSR count). The van der Waals surface area contributed by atoms with Crippen LogP contribution in [0.2, 0.25) is 0 Å². The molecule has 1 unspecified atom stereocenters. The maximum absolute atomic E-state index is 4.10. The molecule has 1 saturated heterocycles. The van der Waals surface area contributed by atoms with Crippen LogP contribution in [0, 0.1) is 5.92 Å². The molecule has 0 bridgehead atoms. The van der Waals surface area contributed by atoms with Gasteiger partial charge in [-0.3, -0.25) is 4.90 Å². The van der Waals surface area contributed by atoms with Crippen molar-refractivity contribution in [1.29, 1.82) is 0 Å². The first-order valence-electron chi connectivity index (χ1n) is 8.16. The first kappa shape index (κ1) is 15.5. The minimum absolute atomic E-state index is 0.741. The monoisotopic (exact) mass is 278 g/mol. The van der Waals surface area contributed by atoms with E-state index >= 15 is 0 Å². The Morgan fingerprint density at radius 2 is 2.20 bits per heavy atom. The maximum Gasteiger partial charge on any atom is 0.0945 e. The van der Waals surface area contributed by atoms with Crippen molar-refractivity contribution in [2.24, 2.45) is 5.92 Å². The summed E-state index contributed by atoms with van der Waals surface area (Å²) in [5.74, 6) is 0.744. The quantitative estimate of drug-likeness (QED) is 0.792. The Labute approximate surface area is 123 Å². The Hall–Kier alpha value is -0.870. The predicted molar refractivity (Wildman–Crippen MR) is 83.8 cm³/mol. The van der Waals surface area contributed by atoms with E-state index in [4.69, 9.17) is 0 Å². The van der Waals surface area contributed by atoms with Crippen molar-refractivity contribution in [2.45, 2.75) is 52.1 Å². The summed E-state index contributed by atoms with van der Waals surface area (Å²) in [7, 11) is 0. The lowest BCUT2D eigenvalue weighted by molar-refractivity contribution is 0.141. The Morgan fingerprint density at radius 1 is 1.30 bits per heavy atom. The van der Waals surface area contributed by atoms with Gasteiger partial charge in [-0.1, -0.05) is 20.3 Å². The largest absolute Gasteiger partial charge is 0.337 e. The summed E-state index contributed by atoms with van der Waals surface area (Å²) in [4.78, 5) is 6.79. The number of piperidine rings is 1. The third kappa shape index (κ3) is 5.25. The van der Waals surface area contributed by atoms with Gasteiger partial charge in [-0.25, -0.2) is 4.98 Å². The van der Waals surface area contributed by atoms with E-state index in [9.17, 15) is 0 Å². The van der Waals surface area contributed by atoms with Gasteiger partial charge in [0, 0.05) is 38.1 Å². The van der Waals surface area contributed by atoms with Crippen molar-refractivity contribution in [3.8, 4) is 0 Å². The fraction of sp³-hybridized carbons (Fsp3) is 0.812. The number of hydrogen-bond donors (Lipinski definition) is 1. The molecule has 2 heterocycles. The van der Waals surface area contributed by atoms with Crippen LogP contribution in [0.15, 0.2) is 18.7 Å². The average molecular weight is 278 g/mol. The van der Waals surface area contributed by atoms with Gasteiger partial charge in [0.05, 0.1) is 6.33 Å². The Bertz CT molecular complexity index is 347. The SMILES string of the molecule is CC(C)CNCC1CCCCN1CCCn1ccnc1. The van der Waals surface area contributed by atoms with Crippen molar-refractivity contribution in [2.75, 3.05) is 26.2 Å². The zero-order chi connectivity index (χ0) is 14.2. The fourth-order valence-corrected chi connectivity index (χ4v) is 3.00. The van der Waals surface area contributed by atoms with E-state index in [0.29, 0.717) is 0 Å². The lowest BCUT2D eigenvalue weighted by Gasteiger charge is -2.36. The predicted octanol–water partition coefficient (Wildman–Crippen LogP) is 2.37. The molecule has 114 valence electrons. The third-order valence-electron chi connectivity index (χ3n) is 4.10. The first-order chi connectivity index (χ1) is 9.75. The summed E-state index contributed by atoms with van der Waals surface area (Å²) in [6.07, 6.45) is 11.2. The second-order valence-electron chi connectivity index (χ2n) is 6.39. The molecule has 0 amide bonds. The van der Waals surface area contributed by atoms with Gasteiger partial charge in [0.2, 0.25) is 0 Å². The standard InChI is InChI=1S/C16H30N4/c1-15(2)12-18-13-16-6-3-4-9-20(16)10-5-8-19-11-7-17-14-19/h7,11,14-16,18H,3-6,8-10,12-13H2,1-2H3. The zero-order valence-corrected chi connectivity index (χ0v) is 13.1. The van der Waals surface area contributed by atoms with E-state index in [1.54, 1.807) is 0 Å². The smallest absolute Gasteiger partial charge is 0.0945 e. The molecule has 1 N–H and O–H groups in total. The second kappa shape index (κ2) is 8.42. The van der Waals surface area contributed by atoms with Gasteiger partial charge in [0.15, 0.2) is 0 Å². The molecule has 0 radical (unpaired) electrons. The lowest BCUT2D eigenvalue weighted by Crippen LogP contribution is -2.46. The number of nitrogens with one attached hydrogen (secondary N) is 1. The van der Waals surface area contributed by atoms with Crippen LogP contribution in [-0.4, -0.2) is 46.7 Å². The molecular weight excluding hydrogens is 248 g/mol.